The van der Waals surface area contributed by atoms with Crippen LogP contribution in [0.2, 0.25) is 0 Å². The number of nitrogens with zero attached hydrogens (tertiary/aromatic N) is 1. The molecule has 3 nitrogen and oxygen atoms in total. The first-order chi connectivity index (χ1) is 5.13. The summed E-state index contributed by atoms with van der Waals surface area (Å²) in [6.07, 6.45) is 2.79. The number of hydrogen-bond donors (Lipinski definition) is 1. The molecule has 0 fully saturated rings. The van der Waals surface area contributed by atoms with E-state index in [9.17, 15) is 4.79 Å². The van der Waals surface area contributed by atoms with Crippen LogP contribution in [0.3, 0.4) is 0 Å². The van der Waals surface area contributed by atoms with E-state index in [1.807, 2.05) is 0 Å². The highest BCUT2D eigenvalue weighted by Gasteiger charge is 1.70. The zero-order valence-corrected chi connectivity index (χ0v) is 7.16. The van der Waals surface area contributed by atoms with Crippen LogP contribution in [0.15, 0.2) is 23.4 Å². The molecule has 0 saturated carbocycles. The fourth-order valence-electron chi connectivity index (χ4n) is 0.303. The summed E-state index contributed by atoms with van der Waals surface area (Å²) in [6, 6.07) is 1.36. The van der Waals surface area contributed by atoms with Crippen LogP contribution in [0.4, 0.5) is 0 Å². The summed E-state index contributed by atoms with van der Waals surface area (Å²) in [5.41, 5.74) is -0.116. The van der Waals surface area contributed by atoms with Gasteiger partial charge in [-0.15, -0.1) is 0 Å². The standard InChI is InChI=1S/C4H4N2O.C4H10/c7-4-1-2-5-3-6-4;1-4(2)3/h1-3H,(H,5,6,7);4H,1-3H3. The second-order valence-corrected chi connectivity index (χ2v) is 2.83. The summed E-state index contributed by atoms with van der Waals surface area (Å²) in [7, 11) is 0. The topological polar surface area (TPSA) is 45.8 Å². The molecule has 1 N–H and O–H groups in total. The summed E-state index contributed by atoms with van der Waals surface area (Å²) in [4.78, 5) is 16.1. The molecule has 3 heteroatoms. The molecule has 0 amide bonds. The maximum absolute atomic E-state index is 10.2. The zero-order chi connectivity index (χ0) is 8.69. The molecule has 0 spiro atoms. The van der Waals surface area contributed by atoms with Crippen molar-refractivity contribution in [3.8, 4) is 0 Å². The van der Waals surface area contributed by atoms with E-state index in [2.05, 4.69) is 30.7 Å². The summed E-state index contributed by atoms with van der Waals surface area (Å²) in [6.45, 7) is 6.50. The van der Waals surface area contributed by atoms with Gasteiger partial charge in [0.1, 0.15) is 0 Å². The SMILES string of the molecule is CC(C)C.O=c1ccnc[nH]1. The summed E-state index contributed by atoms with van der Waals surface area (Å²) >= 11 is 0. The van der Waals surface area contributed by atoms with Crippen LogP contribution >= 0.6 is 0 Å². The van der Waals surface area contributed by atoms with Gasteiger partial charge in [0.05, 0.1) is 6.33 Å². The third-order valence-corrected chi connectivity index (χ3v) is 0.593. The monoisotopic (exact) mass is 154 g/mol. The van der Waals surface area contributed by atoms with Gasteiger partial charge in [-0.25, -0.2) is 4.98 Å². The smallest absolute Gasteiger partial charge is 0.250 e. The van der Waals surface area contributed by atoms with Crippen molar-refractivity contribution in [3.63, 3.8) is 0 Å². The first kappa shape index (κ1) is 9.88. The molecule has 11 heavy (non-hydrogen) atoms. The Morgan fingerprint density at radius 3 is 2.18 bits per heavy atom. The van der Waals surface area contributed by atoms with E-state index in [0.29, 0.717) is 0 Å². The summed E-state index contributed by atoms with van der Waals surface area (Å²) in [5.74, 6) is 0.833. The van der Waals surface area contributed by atoms with Crippen molar-refractivity contribution in [2.24, 2.45) is 5.92 Å². The Kier molecular flexibility index (Phi) is 5.07. The molecule has 0 bridgehead atoms. The normalized spacial score (nSPS) is 8.73. The lowest BCUT2D eigenvalue weighted by molar-refractivity contribution is 0.737. The van der Waals surface area contributed by atoms with E-state index < -0.39 is 0 Å². The number of nitrogens with one attached hydrogen (secondary N) is 1. The zero-order valence-electron chi connectivity index (χ0n) is 7.16. The van der Waals surface area contributed by atoms with Gasteiger partial charge in [-0.05, 0) is 5.92 Å². The number of aromatic amines is 1. The maximum Gasteiger partial charge on any atom is 0.250 e. The minimum absolute atomic E-state index is 0.116. The molecular weight excluding hydrogens is 140 g/mol. The van der Waals surface area contributed by atoms with Crippen LogP contribution in [0.1, 0.15) is 20.8 Å². The van der Waals surface area contributed by atoms with Crippen LogP contribution in [0, 0.1) is 5.92 Å². The van der Waals surface area contributed by atoms with E-state index in [0.717, 1.165) is 5.92 Å². The first-order valence-corrected chi connectivity index (χ1v) is 3.61. The van der Waals surface area contributed by atoms with Crippen LogP contribution in [0.5, 0.6) is 0 Å². The van der Waals surface area contributed by atoms with E-state index in [1.54, 1.807) is 0 Å². The number of rotatable bonds is 0. The minimum atomic E-state index is -0.116. The van der Waals surface area contributed by atoms with Gasteiger partial charge in [0.25, 0.3) is 5.56 Å². The predicted molar refractivity (Wildman–Crippen MR) is 45.4 cm³/mol. The highest BCUT2D eigenvalue weighted by molar-refractivity contribution is 4.76. The van der Waals surface area contributed by atoms with Gasteiger partial charge in [-0.1, -0.05) is 20.8 Å². The van der Waals surface area contributed by atoms with Gasteiger partial charge in [-0.2, -0.15) is 0 Å². The maximum atomic E-state index is 10.2. The fraction of sp³-hybridized carbons (Fsp3) is 0.500. The molecule has 62 valence electrons. The lowest BCUT2D eigenvalue weighted by atomic mass is 10.3. The molecule has 0 saturated heterocycles. The largest absolute Gasteiger partial charge is 0.313 e. The number of aromatic nitrogens is 2. The second-order valence-electron chi connectivity index (χ2n) is 2.83. The van der Waals surface area contributed by atoms with Gasteiger partial charge in [0.15, 0.2) is 0 Å². The molecule has 0 aliphatic rings. The Balaban J connectivity index is 0.000000218. The van der Waals surface area contributed by atoms with Crippen molar-refractivity contribution in [1.82, 2.24) is 9.97 Å². The molecule has 1 aromatic rings. The van der Waals surface area contributed by atoms with Gasteiger partial charge in [0, 0.05) is 12.3 Å². The number of hydrogen-bond acceptors (Lipinski definition) is 2. The molecule has 1 aromatic heterocycles. The second kappa shape index (κ2) is 5.65. The quantitative estimate of drug-likeness (QED) is 0.614. The van der Waals surface area contributed by atoms with Gasteiger partial charge >= 0.3 is 0 Å². The van der Waals surface area contributed by atoms with Crippen molar-refractivity contribution in [3.05, 3.63) is 28.9 Å². The lowest BCUT2D eigenvalue weighted by Crippen LogP contribution is -2.00. The molecule has 1 rings (SSSR count). The molecule has 0 unspecified atom stereocenters. The summed E-state index contributed by atoms with van der Waals surface area (Å²) in [5, 5.41) is 0. The van der Waals surface area contributed by atoms with E-state index >= 15 is 0 Å². The first-order valence-electron chi connectivity index (χ1n) is 3.61. The highest BCUT2D eigenvalue weighted by atomic mass is 16.1. The Labute approximate surface area is 66.5 Å². The Bertz CT molecular complexity index is 209. The molecule has 0 aromatic carbocycles. The molecule has 0 radical (unpaired) electrons. The van der Waals surface area contributed by atoms with Crippen molar-refractivity contribution < 1.29 is 0 Å². The van der Waals surface area contributed by atoms with Crippen molar-refractivity contribution in [2.75, 3.05) is 0 Å². The third-order valence-electron chi connectivity index (χ3n) is 0.593. The van der Waals surface area contributed by atoms with Gasteiger partial charge in [-0.3, -0.25) is 4.79 Å². The third kappa shape index (κ3) is 8.88. The highest BCUT2D eigenvalue weighted by Crippen LogP contribution is 1.81. The Morgan fingerprint density at radius 2 is 2.00 bits per heavy atom. The average molecular weight is 154 g/mol. The van der Waals surface area contributed by atoms with Crippen LogP contribution in [-0.2, 0) is 0 Å². The molecule has 0 atom stereocenters. The van der Waals surface area contributed by atoms with Crippen molar-refractivity contribution >= 4 is 0 Å². The van der Waals surface area contributed by atoms with Gasteiger partial charge in [0.2, 0.25) is 0 Å². The molecule has 0 aliphatic carbocycles. The Hall–Kier alpha value is -1.12. The Morgan fingerprint density at radius 1 is 1.45 bits per heavy atom. The van der Waals surface area contributed by atoms with Crippen LogP contribution < -0.4 is 5.56 Å². The number of H-pyrrole nitrogens is 1. The minimum Gasteiger partial charge on any atom is -0.313 e. The van der Waals surface area contributed by atoms with Crippen LogP contribution in [-0.4, -0.2) is 9.97 Å². The molecular formula is C8H14N2O. The lowest BCUT2D eigenvalue weighted by Gasteiger charge is -1.79. The van der Waals surface area contributed by atoms with E-state index in [1.165, 1.54) is 18.6 Å². The van der Waals surface area contributed by atoms with E-state index in [-0.39, 0.29) is 5.56 Å². The van der Waals surface area contributed by atoms with Crippen molar-refractivity contribution in [2.45, 2.75) is 20.8 Å². The van der Waals surface area contributed by atoms with Gasteiger partial charge < -0.3 is 4.98 Å². The fourth-order valence-corrected chi connectivity index (χ4v) is 0.303. The molecule has 0 aliphatic heterocycles. The van der Waals surface area contributed by atoms with Crippen molar-refractivity contribution in [1.29, 1.82) is 0 Å². The summed E-state index contributed by atoms with van der Waals surface area (Å²) < 4.78 is 0. The average Bonchev–Trinajstić information content (AvgIpc) is 1.87. The predicted octanol–water partition coefficient (Wildman–Crippen LogP) is 1.43. The molecule has 1 heterocycles. The van der Waals surface area contributed by atoms with E-state index in [4.69, 9.17) is 0 Å². The van der Waals surface area contributed by atoms with Crippen LogP contribution in [0.25, 0.3) is 0 Å².